The van der Waals surface area contributed by atoms with Gasteiger partial charge in [0.1, 0.15) is 5.76 Å². The third kappa shape index (κ3) is 2.68. The van der Waals surface area contributed by atoms with E-state index in [0.29, 0.717) is 11.8 Å². The fourth-order valence-electron chi connectivity index (χ4n) is 3.32. The molecular weight excluding hydrogens is 240 g/mol. The molecule has 1 aromatic rings. The van der Waals surface area contributed by atoms with E-state index >= 15 is 0 Å². The number of hydrogen-bond donors (Lipinski definition) is 0. The molecule has 2 fully saturated rings. The standard InChI is InChI=1S/C15H22N2O2/c1-16-7-4-15(5-8-16)6-9-17(12-15)14(18)11-13-3-2-10-19-13/h2-3,10H,4-9,11-12H2,1H3. The van der Waals surface area contributed by atoms with Crippen molar-refractivity contribution in [3.8, 4) is 0 Å². The van der Waals surface area contributed by atoms with Crippen molar-refractivity contribution in [3.63, 3.8) is 0 Å². The van der Waals surface area contributed by atoms with Crippen LogP contribution >= 0.6 is 0 Å². The summed E-state index contributed by atoms with van der Waals surface area (Å²) in [6.07, 6.45) is 5.67. The zero-order chi connectivity index (χ0) is 13.3. The van der Waals surface area contributed by atoms with Crippen LogP contribution in [0.3, 0.4) is 0 Å². The summed E-state index contributed by atoms with van der Waals surface area (Å²) in [5.74, 6) is 0.986. The number of furan rings is 1. The van der Waals surface area contributed by atoms with Gasteiger partial charge in [-0.3, -0.25) is 4.79 Å². The molecule has 0 aromatic carbocycles. The van der Waals surface area contributed by atoms with Crippen molar-refractivity contribution in [2.24, 2.45) is 5.41 Å². The maximum atomic E-state index is 12.3. The topological polar surface area (TPSA) is 36.7 Å². The number of likely N-dealkylation sites (tertiary alicyclic amines) is 2. The molecule has 0 bridgehead atoms. The molecule has 19 heavy (non-hydrogen) atoms. The van der Waals surface area contributed by atoms with Gasteiger partial charge in [0, 0.05) is 13.1 Å². The Morgan fingerprint density at radius 3 is 2.74 bits per heavy atom. The van der Waals surface area contributed by atoms with E-state index in [4.69, 9.17) is 4.42 Å². The first kappa shape index (κ1) is 12.7. The van der Waals surface area contributed by atoms with Crippen molar-refractivity contribution in [2.45, 2.75) is 25.7 Å². The van der Waals surface area contributed by atoms with Crippen LogP contribution in [0.25, 0.3) is 0 Å². The summed E-state index contributed by atoms with van der Waals surface area (Å²) in [7, 11) is 2.18. The number of rotatable bonds is 2. The van der Waals surface area contributed by atoms with Crippen molar-refractivity contribution in [1.82, 2.24) is 9.80 Å². The lowest BCUT2D eigenvalue weighted by molar-refractivity contribution is -0.130. The lowest BCUT2D eigenvalue weighted by atomic mass is 9.78. The molecule has 2 aliphatic rings. The van der Waals surface area contributed by atoms with Gasteiger partial charge in [0.15, 0.2) is 0 Å². The second-order valence-corrected chi connectivity index (χ2v) is 6.12. The number of nitrogens with zero attached hydrogens (tertiary/aromatic N) is 2. The summed E-state index contributed by atoms with van der Waals surface area (Å²) in [6.45, 7) is 4.20. The Morgan fingerprint density at radius 2 is 2.05 bits per heavy atom. The number of piperidine rings is 1. The molecule has 3 rings (SSSR count). The molecule has 1 aromatic heterocycles. The fourth-order valence-corrected chi connectivity index (χ4v) is 3.32. The number of amides is 1. The minimum Gasteiger partial charge on any atom is -0.469 e. The molecule has 0 unspecified atom stereocenters. The minimum atomic E-state index is 0.214. The van der Waals surface area contributed by atoms with Crippen molar-refractivity contribution in [2.75, 3.05) is 33.2 Å². The van der Waals surface area contributed by atoms with Crippen LogP contribution in [0, 0.1) is 5.41 Å². The summed E-state index contributed by atoms with van der Waals surface area (Å²) in [5, 5.41) is 0. The highest BCUT2D eigenvalue weighted by atomic mass is 16.3. The third-order valence-electron chi connectivity index (χ3n) is 4.74. The number of hydrogen-bond acceptors (Lipinski definition) is 3. The van der Waals surface area contributed by atoms with Gasteiger partial charge >= 0.3 is 0 Å². The van der Waals surface area contributed by atoms with Gasteiger partial charge in [-0.1, -0.05) is 0 Å². The van der Waals surface area contributed by atoms with E-state index in [2.05, 4.69) is 11.9 Å². The van der Waals surface area contributed by atoms with Crippen LogP contribution in [0.1, 0.15) is 25.0 Å². The highest BCUT2D eigenvalue weighted by molar-refractivity contribution is 5.78. The smallest absolute Gasteiger partial charge is 0.230 e. The van der Waals surface area contributed by atoms with Crippen LogP contribution in [0.4, 0.5) is 0 Å². The summed E-state index contributed by atoms with van der Waals surface area (Å²) in [6, 6.07) is 3.71. The Morgan fingerprint density at radius 1 is 1.32 bits per heavy atom. The molecule has 0 saturated carbocycles. The van der Waals surface area contributed by atoms with Crippen LogP contribution in [0.5, 0.6) is 0 Å². The van der Waals surface area contributed by atoms with E-state index in [0.717, 1.165) is 18.8 Å². The van der Waals surface area contributed by atoms with Gasteiger partial charge in [0.2, 0.25) is 5.91 Å². The second-order valence-electron chi connectivity index (χ2n) is 6.12. The Balaban J connectivity index is 1.58. The molecule has 2 aliphatic heterocycles. The Kier molecular flexibility index (Phi) is 3.35. The predicted octanol–water partition coefficient (Wildman–Crippen LogP) is 1.77. The maximum Gasteiger partial charge on any atom is 0.230 e. The lowest BCUT2D eigenvalue weighted by Crippen LogP contribution is -2.40. The highest BCUT2D eigenvalue weighted by Gasteiger charge is 2.41. The minimum absolute atomic E-state index is 0.214. The average molecular weight is 262 g/mol. The van der Waals surface area contributed by atoms with Gasteiger partial charge in [-0.05, 0) is 56.9 Å². The largest absolute Gasteiger partial charge is 0.469 e. The third-order valence-corrected chi connectivity index (χ3v) is 4.74. The monoisotopic (exact) mass is 262 g/mol. The van der Waals surface area contributed by atoms with Crippen LogP contribution in [0.2, 0.25) is 0 Å². The maximum absolute atomic E-state index is 12.3. The number of carbonyl (C=O) groups excluding carboxylic acids is 1. The molecule has 2 saturated heterocycles. The lowest BCUT2D eigenvalue weighted by Gasteiger charge is -2.37. The van der Waals surface area contributed by atoms with E-state index < -0.39 is 0 Å². The molecule has 0 radical (unpaired) electrons. The molecule has 0 N–H and O–H groups in total. The Hall–Kier alpha value is -1.29. The first-order valence-corrected chi connectivity index (χ1v) is 7.16. The van der Waals surface area contributed by atoms with Crippen LogP contribution in [-0.4, -0.2) is 48.9 Å². The fraction of sp³-hybridized carbons (Fsp3) is 0.667. The van der Waals surface area contributed by atoms with E-state index in [1.165, 1.54) is 32.4 Å². The van der Waals surface area contributed by atoms with Gasteiger partial charge in [-0.25, -0.2) is 0 Å². The van der Waals surface area contributed by atoms with Crippen molar-refractivity contribution in [1.29, 1.82) is 0 Å². The molecule has 0 aliphatic carbocycles. The molecule has 1 spiro atoms. The molecule has 1 amide bonds. The average Bonchev–Trinajstić information content (AvgIpc) is 3.04. The summed E-state index contributed by atoms with van der Waals surface area (Å²) < 4.78 is 5.26. The van der Waals surface area contributed by atoms with Gasteiger partial charge in [-0.2, -0.15) is 0 Å². The zero-order valence-electron chi connectivity index (χ0n) is 11.6. The van der Waals surface area contributed by atoms with Crippen molar-refractivity contribution in [3.05, 3.63) is 24.2 Å². The molecule has 3 heterocycles. The van der Waals surface area contributed by atoms with Gasteiger partial charge in [0.25, 0.3) is 0 Å². The highest BCUT2D eigenvalue weighted by Crippen LogP contribution is 2.40. The quantitative estimate of drug-likeness (QED) is 0.815. The summed E-state index contributed by atoms with van der Waals surface area (Å²) >= 11 is 0. The number of carbonyl (C=O) groups is 1. The Labute approximate surface area is 114 Å². The van der Waals surface area contributed by atoms with E-state index in [1.54, 1.807) is 6.26 Å². The van der Waals surface area contributed by atoms with Crippen molar-refractivity contribution < 1.29 is 9.21 Å². The first-order valence-electron chi connectivity index (χ1n) is 7.16. The van der Waals surface area contributed by atoms with Crippen LogP contribution in [0.15, 0.2) is 22.8 Å². The van der Waals surface area contributed by atoms with Gasteiger partial charge in [-0.15, -0.1) is 0 Å². The molecule has 0 atom stereocenters. The van der Waals surface area contributed by atoms with E-state index in [-0.39, 0.29) is 5.91 Å². The summed E-state index contributed by atoms with van der Waals surface area (Å²) in [4.78, 5) is 16.7. The first-order chi connectivity index (χ1) is 9.17. The van der Waals surface area contributed by atoms with E-state index in [9.17, 15) is 4.79 Å². The van der Waals surface area contributed by atoms with Crippen molar-refractivity contribution >= 4 is 5.91 Å². The molecule has 4 heteroatoms. The molecule has 104 valence electrons. The van der Waals surface area contributed by atoms with Gasteiger partial charge < -0.3 is 14.2 Å². The zero-order valence-corrected chi connectivity index (χ0v) is 11.6. The normalized spacial score (nSPS) is 23.1. The van der Waals surface area contributed by atoms with Crippen LogP contribution < -0.4 is 0 Å². The SMILES string of the molecule is CN1CCC2(CC1)CCN(C(=O)Cc1ccco1)C2. The van der Waals surface area contributed by atoms with E-state index in [1.807, 2.05) is 17.0 Å². The molecular formula is C15H22N2O2. The van der Waals surface area contributed by atoms with Crippen LogP contribution in [-0.2, 0) is 11.2 Å². The van der Waals surface area contributed by atoms with Gasteiger partial charge in [0.05, 0.1) is 12.7 Å². The second kappa shape index (κ2) is 5.00. The summed E-state index contributed by atoms with van der Waals surface area (Å²) in [5.41, 5.74) is 0.394. The predicted molar refractivity (Wildman–Crippen MR) is 72.8 cm³/mol. The molecule has 4 nitrogen and oxygen atoms in total. The Bertz CT molecular complexity index is 433.